The Morgan fingerprint density at radius 1 is 1.12 bits per heavy atom. The zero-order chi connectivity index (χ0) is 18.1. The van der Waals surface area contributed by atoms with Crippen LogP contribution in [0.25, 0.3) is 0 Å². The lowest BCUT2D eigenvalue weighted by atomic mass is 10.1. The lowest BCUT2D eigenvalue weighted by Crippen LogP contribution is -2.49. The smallest absolute Gasteiger partial charge is 0.216 e. The van der Waals surface area contributed by atoms with Crippen molar-refractivity contribution in [1.29, 1.82) is 0 Å². The fourth-order valence-electron chi connectivity index (χ4n) is 2.75. The molecule has 1 aromatic rings. The quantitative estimate of drug-likeness (QED) is 0.566. The van der Waals surface area contributed by atoms with Crippen molar-refractivity contribution in [2.45, 2.75) is 6.42 Å². The minimum Gasteiger partial charge on any atom is -0.382 e. The molecule has 2 rings (SSSR count). The Morgan fingerprint density at radius 3 is 2.56 bits per heavy atom. The maximum atomic E-state index is 12.3. The minimum absolute atomic E-state index is 0.0270. The number of nitrogens with zero attached hydrogens (tertiary/aromatic N) is 2. The van der Waals surface area contributed by atoms with Gasteiger partial charge in [0.15, 0.2) is 0 Å². The van der Waals surface area contributed by atoms with E-state index in [1.165, 1.54) is 5.56 Å². The molecule has 0 unspecified atom stereocenters. The molecule has 6 nitrogen and oxygen atoms in total. The van der Waals surface area contributed by atoms with Crippen molar-refractivity contribution >= 4 is 21.6 Å². The summed E-state index contributed by atoms with van der Waals surface area (Å²) in [5.74, 6) is 0.0270. The van der Waals surface area contributed by atoms with Crippen molar-refractivity contribution in [1.82, 2.24) is 9.21 Å². The second kappa shape index (κ2) is 10.4. The molecule has 1 aromatic carbocycles. The van der Waals surface area contributed by atoms with Crippen LogP contribution >= 0.6 is 11.6 Å². The van der Waals surface area contributed by atoms with Crippen molar-refractivity contribution in [3.8, 4) is 0 Å². The Morgan fingerprint density at radius 2 is 1.88 bits per heavy atom. The summed E-state index contributed by atoms with van der Waals surface area (Å²) in [6.45, 7) is 4.60. The van der Waals surface area contributed by atoms with Crippen molar-refractivity contribution in [2.24, 2.45) is 0 Å². The molecule has 8 heteroatoms. The van der Waals surface area contributed by atoms with Gasteiger partial charge >= 0.3 is 0 Å². The zero-order valence-electron chi connectivity index (χ0n) is 14.7. The summed E-state index contributed by atoms with van der Waals surface area (Å²) in [7, 11) is -1.65. The van der Waals surface area contributed by atoms with Crippen LogP contribution in [0.4, 0.5) is 0 Å². The first-order valence-electron chi connectivity index (χ1n) is 8.52. The third-order valence-corrected chi connectivity index (χ3v) is 6.32. The van der Waals surface area contributed by atoms with E-state index in [0.29, 0.717) is 26.3 Å². The summed E-state index contributed by atoms with van der Waals surface area (Å²) in [4.78, 5) is 2.29. The number of sulfonamides is 1. The molecule has 0 amide bonds. The van der Waals surface area contributed by atoms with Gasteiger partial charge in [-0.25, -0.2) is 8.42 Å². The summed E-state index contributed by atoms with van der Waals surface area (Å²) < 4.78 is 36.4. The standard InChI is InChI=1S/C17H27ClN2O4S/c1-23-11-12-24-13-14-25(21,22)20-9-7-19(8-10-20)6-5-16-3-2-4-17(18)15-16/h2-4,15H,5-14H2,1H3. The van der Waals surface area contributed by atoms with Crippen molar-refractivity contribution in [3.05, 3.63) is 34.9 Å². The first-order chi connectivity index (χ1) is 12.0. The Labute approximate surface area is 155 Å². The molecule has 1 aliphatic heterocycles. The number of methoxy groups -OCH3 is 1. The molecule has 0 radical (unpaired) electrons. The normalized spacial score (nSPS) is 17.0. The largest absolute Gasteiger partial charge is 0.382 e. The van der Waals surface area contributed by atoms with Crippen LogP contribution in [-0.2, 0) is 25.9 Å². The van der Waals surface area contributed by atoms with Gasteiger partial charge in [0, 0.05) is 44.9 Å². The van der Waals surface area contributed by atoms with E-state index in [-0.39, 0.29) is 12.4 Å². The van der Waals surface area contributed by atoms with Crippen LogP contribution in [0, 0.1) is 0 Å². The molecule has 0 bridgehead atoms. The zero-order valence-corrected chi connectivity index (χ0v) is 16.3. The molecule has 142 valence electrons. The van der Waals surface area contributed by atoms with Gasteiger partial charge in [-0.15, -0.1) is 0 Å². The Hall–Kier alpha value is -0.700. The number of hydrogen-bond acceptors (Lipinski definition) is 5. The molecule has 1 heterocycles. The molecular weight excluding hydrogens is 364 g/mol. The van der Waals surface area contributed by atoms with Crippen LogP contribution in [0.1, 0.15) is 5.56 Å². The van der Waals surface area contributed by atoms with E-state index in [2.05, 4.69) is 11.0 Å². The maximum Gasteiger partial charge on any atom is 0.216 e. The molecular formula is C17H27ClN2O4S. The molecule has 0 saturated carbocycles. The SMILES string of the molecule is COCCOCCS(=O)(=O)N1CCN(CCc2cccc(Cl)c2)CC1. The van der Waals surface area contributed by atoms with Gasteiger partial charge in [0.1, 0.15) is 0 Å². The van der Waals surface area contributed by atoms with Gasteiger partial charge in [0.2, 0.25) is 10.0 Å². The highest BCUT2D eigenvalue weighted by Gasteiger charge is 2.26. The predicted molar refractivity (Wildman–Crippen MR) is 99.7 cm³/mol. The first-order valence-corrected chi connectivity index (χ1v) is 10.5. The van der Waals surface area contributed by atoms with Crippen molar-refractivity contribution in [2.75, 3.05) is 65.4 Å². The van der Waals surface area contributed by atoms with Crippen LogP contribution in [0.15, 0.2) is 24.3 Å². The van der Waals surface area contributed by atoms with E-state index in [0.717, 1.165) is 31.1 Å². The van der Waals surface area contributed by atoms with Crippen molar-refractivity contribution in [3.63, 3.8) is 0 Å². The Balaban J connectivity index is 1.69. The highest BCUT2D eigenvalue weighted by atomic mass is 35.5. The van der Waals surface area contributed by atoms with Crippen LogP contribution in [0.3, 0.4) is 0 Å². The number of benzene rings is 1. The van der Waals surface area contributed by atoms with Gasteiger partial charge in [-0.1, -0.05) is 23.7 Å². The molecule has 1 aliphatic rings. The topological polar surface area (TPSA) is 59.1 Å². The lowest BCUT2D eigenvalue weighted by molar-refractivity contribution is 0.0779. The molecule has 0 spiro atoms. The second-order valence-corrected chi connectivity index (χ2v) is 8.57. The highest BCUT2D eigenvalue weighted by Crippen LogP contribution is 2.13. The Bertz CT molecular complexity index is 619. The molecule has 0 atom stereocenters. The number of halogens is 1. The molecule has 0 N–H and O–H groups in total. The lowest BCUT2D eigenvalue weighted by Gasteiger charge is -2.34. The maximum absolute atomic E-state index is 12.3. The van der Waals surface area contributed by atoms with E-state index < -0.39 is 10.0 Å². The summed E-state index contributed by atoms with van der Waals surface area (Å²) in [5, 5.41) is 0.751. The molecule has 0 aromatic heterocycles. The summed E-state index contributed by atoms with van der Waals surface area (Å²) in [6, 6.07) is 7.87. The first kappa shape index (κ1) is 20.6. The van der Waals surface area contributed by atoms with Crippen LogP contribution in [-0.4, -0.2) is 83.0 Å². The third kappa shape index (κ3) is 7.21. The fraction of sp³-hybridized carbons (Fsp3) is 0.647. The van der Waals surface area contributed by atoms with E-state index >= 15 is 0 Å². The number of rotatable bonds is 10. The fourth-order valence-corrected chi connectivity index (χ4v) is 4.27. The van der Waals surface area contributed by atoms with E-state index in [4.69, 9.17) is 21.1 Å². The summed E-state index contributed by atoms with van der Waals surface area (Å²) >= 11 is 6.00. The minimum atomic E-state index is -3.24. The molecule has 0 aliphatic carbocycles. The van der Waals surface area contributed by atoms with Gasteiger partial charge in [-0.3, -0.25) is 0 Å². The van der Waals surface area contributed by atoms with Crippen LogP contribution in [0.5, 0.6) is 0 Å². The van der Waals surface area contributed by atoms with Gasteiger partial charge in [-0.2, -0.15) is 4.31 Å². The Kier molecular flexibility index (Phi) is 8.61. The second-order valence-electron chi connectivity index (χ2n) is 6.04. The van der Waals surface area contributed by atoms with Gasteiger partial charge < -0.3 is 14.4 Å². The number of hydrogen-bond donors (Lipinski definition) is 0. The highest BCUT2D eigenvalue weighted by molar-refractivity contribution is 7.89. The molecule has 1 saturated heterocycles. The number of ether oxygens (including phenoxy) is 2. The molecule has 25 heavy (non-hydrogen) atoms. The third-order valence-electron chi connectivity index (χ3n) is 4.25. The van der Waals surface area contributed by atoms with E-state index in [9.17, 15) is 8.42 Å². The van der Waals surface area contributed by atoms with Gasteiger partial charge in [0.25, 0.3) is 0 Å². The average Bonchev–Trinajstić information content (AvgIpc) is 2.60. The van der Waals surface area contributed by atoms with Crippen molar-refractivity contribution < 1.29 is 17.9 Å². The van der Waals surface area contributed by atoms with Gasteiger partial charge in [-0.05, 0) is 24.1 Å². The van der Waals surface area contributed by atoms with E-state index in [1.807, 2.05) is 18.2 Å². The van der Waals surface area contributed by atoms with Crippen LogP contribution < -0.4 is 0 Å². The monoisotopic (exact) mass is 390 g/mol. The number of piperazine rings is 1. The van der Waals surface area contributed by atoms with Crippen LogP contribution in [0.2, 0.25) is 5.02 Å². The molecule has 1 fully saturated rings. The summed E-state index contributed by atoms with van der Waals surface area (Å²) in [6.07, 6.45) is 0.917. The summed E-state index contributed by atoms with van der Waals surface area (Å²) in [5.41, 5.74) is 1.20. The predicted octanol–water partition coefficient (Wildman–Crippen LogP) is 1.49. The van der Waals surface area contributed by atoms with E-state index in [1.54, 1.807) is 11.4 Å². The average molecular weight is 391 g/mol. The van der Waals surface area contributed by atoms with Gasteiger partial charge in [0.05, 0.1) is 25.6 Å².